The first kappa shape index (κ1) is 14.6. The first-order valence-electron chi connectivity index (χ1n) is 6.58. The molecular weight excluding hydrogens is 396 g/mol. The molecule has 0 saturated heterocycles. The van der Waals surface area contributed by atoms with Crippen LogP contribution in [-0.4, -0.2) is 9.38 Å². The average molecular weight is 410 g/mol. The van der Waals surface area contributed by atoms with Crippen molar-refractivity contribution in [2.75, 3.05) is 0 Å². The highest BCUT2D eigenvalue weighted by molar-refractivity contribution is 9.10. The van der Waals surface area contributed by atoms with Crippen LogP contribution in [0.25, 0.3) is 5.65 Å². The zero-order valence-corrected chi connectivity index (χ0v) is 14.7. The van der Waals surface area contributed by atoms with E-state index in [9.17, 15) is 0 Å². The summed E-state index contributed by atoms with van der Waals surface area (Å²) in [6.07, 6.45) is 3.98. The number of ether oxygens (including phenoxy) is 1. The van der Waals surface area contributed by atoms with Gasteiger partial charge in [-0.3, -0.25) is 0 Å². The number of rotatable bonds is 4. The lowest BCUT2D eigenvalue weighted by Crippen LogP contribution is -2.00. The third-order valence-electron chi connectivity index (χ3n) is 3.24. The molecule has 3 rings (SSSR count). The van der Waals surface area contributed by atoms with Gasteiger partial charge in [0, 0.05) is 27.8 Å². The second kappa shape index (κ2) is 6.20. The summed E-state index contributed by atoms with van der Waals surface area (Å²) in [5, 5.41) is 0.758. The molecule has 0 amide bonds. The van der Waals surface area contributed by atoms with Crippen LogP contribution in [0.5, 0.6) is 5.75 Å². The monoisotopic (exact) mass is 408 g/mol. The molecule has 0 unspecified atom stereocenters. The van der Waals surface area contributed by atoms with Crippen molar-refractivity contribution in [3.8, 4) is 5.75 Å². The molecule has 0 fully saturated rings. The summed E-state index contributed by atoms with van der Waals surface area (Å²) in [5.41, 5.74) is 4.10. The largest absolute Gasteiger partial charge is 0.487 e. The van der Waals surface area contributed by atoms with E-state index in [1.165, 1.54) is 0 Å². The Kier molecular flexibility index (Phi) is 4.31. The Bertz CT molecular complexity index is 750. The number of fused-ring (bicyclic) bond motifs is 1. The van der Waals surface area contributed by atoms with Crippen molar-refractivity contribution in [1.29, 1.82) is 0 Å². The summed E-state index contributed by atoms with van der Waals surface area (Å²) in [6, 6.07) is 10.1. The molecule has 0 bridgehead atoms. The van der Waals surface area contributed by atoms with Crippen LogP contribution in [0, 0.1) is 6.92 Å². The van der Waals surface area contributed by atoms with E-state index in [1.54, 1.807) is 0 Å². The minimum Gasteiger partial charge on any atom is -0.487 e. The molecule has 2 aromatic heterocycles. The first-order chi connectivity index (χ1) is 10.2. The molecule has 0 N–H and O–H groups in total. The van der Waals surface area contributed by atoms with Gasteiger partial charge in [-0.05, 0) is 36.8 Å². The van der Waals surface area contributed by atoms with E-state index >= 15 is 0 Å². The van der Waals surface area contributed by atoms with E-state index in [2.05, 4.69) is 55.9 Å². The van der Waals surface area contributed by atoms with Gasteiger partial charge in [0.25, 0.3) is 0 Å². The summed E-state index contributed by atoms with van der Waals surface area (Å²) in [7, 11) is 0. The molecule has 0 aliphatic rings. The number of alkyl halides is 1. The fourth-order valence-electron chi connectivity index (χ4n) is 2.31. The second-order valence-electron chi connectivity index (χ2n) is 4.83. The normalized spacial score (nSPS) is 11.0. The fourth-order valence-corrected chi connectivity index (χ4v) is 3.34. The topological polar surface area (TPSA) is 26.5 Å². The van der Waals surface area contributed by atoms with E-state index in [0.717, 1.165) is 38.0 Å². The lowest BCUT2D eigenvalue weighted by molar-refractivity contribution is 0.297. The van der Waals surface area contributed by atoms with Crippen LogP contribution < -0.4 is 4.74 Å². The molecule has 0 saturated carbocycles. The van der Waals surface area contributed by atoms with Gasteiger partial charge in [0.05, 0.1) is 5.69 Å². The van der Waals surface area contributed by atoms with Crippen molar-refractivity contribution in [1.82, 2.24) is 9.38 Å². The number of aromatic nitrogens is 2. The first-order valence-corrected chi connectivity index (χ1v) is 8.49. The summed E-state index contributed by atoms with van der Waals surface area (Å²) in [6.45, 7) is 2.51. The molecule has 0 aliphatic carbocycles. The highest BCUT2D eigenvalue weighted by Crippen LogP contribution is 2.30. The molecule has 3 aromatic rings. The standard InChI is InChI=1S/C16H14Br2N2O/c1-11-6-13(18)7-12(8-17)16(11)21-10-14-9-20-5-3-2-4-15(20)19-14/h2-7,9H,8,10H2,1H3. The molecule has 0 radical (unpaired) electrons. The number of hydrogen-bond donors (Lipinski definition) is 0. The molecule has 0 aliphatic heterocycles. The van der Waals surface area contributed by atoms with Crippen LogP contribution >= 0.6 is 31.9 Å². The maximum absolute atomic E-state index is 6.00. The molecular formula is C16H14Br2N2O. The number of imidazole rings is 1. The van der Waals surface area contributed by atoms with Gasteiger partial charge in [0.1, 0.15) is 18.0 Å². The van der Waals surface area contributed by atoms with Crippen LogP contribution in [0.15, 0.2) is 47.2 Å². The second-order valence-corrected chi connectivity index (χ2v) is 6.31. The average Bonchev–Trinajstić information content (AvgIpc) is 2.88. The highest BCUT2D eigenvalue weighted by atomic mass is 79.9. The smallest absolute Gasteiger partial charge is 0.137 e. The van der Waals surface area contributed by atoms with Crippen molar-refractivity contribution >= 4 is 37.5 Å². The van der Waals surface area contributed by atoms with Gasteiger partial charge in [0.15, 0.2) is 0 Å². The van der Waals surface area contributed by atoms with Crippen LogP contribution in [0.3, 0.4) is 0 Å². The SMILES string of the molecule is Cc1cc(Br)cc(CBr)c1OCc1cn2ccccc2n1. The Morgan fingerprint density at radius 2 is 2.14 bits per heavy atom. The maximum Gasteiger partial charge on any atom is 0.137 e. The number of nitrogens with zero attached hydrogens (tertiary/aromatic N) is 2. The molecule has 21 heavy (non-hydrogen) atoms. The maximum atomic E-state index is 6.00. The molecule has 0 spiro atoms. The Balaban J connectivity index is 1.84. The van der Waals surface area contributed by atoms with Crippen molar-refractivity contribution in [3.05, 3.63) is 64.0 Å². The third kappa shape index (κ3) is 3.14. The van der Waals surface area contributed by atoms with Gasteiger partial charge in [0.2, 0.25) is 0 Å². The molecule has 108 valence electrons. The van der Waals surface area contributed by atoms with Gasteiger partial charge in [-0.2, -0.15) is 0 Å². The van der Waals surface area contributed by atoms with Crippen LogP contribution in [0.2, 0.25) is 0 Å². The Morgan fingerprint density at radius 1 is 1.29 bits per heavy atom. The van der Waals surface area contributed by atoms with E-state index in [4.69, 9.17) is 4.74 Å². The lowest BCUT2D eigenvalue weighted by Gasteiger charge is -2.12. The van der Waals surface area contributed by atoms with Crippen LogP contribution in [0.4, 0.5) is 0 Å². The summed E-state index contributed by atoms with van der Waals surface area (Å²) in [5.74, 6) is 0.923. The van der Waals surface area contributed by atoms with Crippen LogP contribution in [-0.2, 0) is 11.9 Å². The summed E-state index contributed by atoms with van der Waals surface area (Å²) < 4.78 is 9.07. The van der Waals surface area contributed by atoms with Gasteiger partial charge in [-0.25, -0.2) is 4.98 Å². The third-order valence-corrected chi connectivity index (χ3v) is 4.30. The molecule has 5 heteroatoms. The molecule has 3 nitrogen and oxygen atoms in total. The predicted octanol–water partition coefficient (Wildman–Crippen LogP) is 4.88. The zero-order chi connectivity index (χ0) is 14.8. The molecule has 1 aromatic carbocycles. The van der Waals surface area contributed by atoms with Crippen molar-refractivity contribution in [2.24, 2.45) is 0 Å². The van der Waals surface area contributed by atoms with Crippen molar-refractivity contribution in [2.45, 2.75) is 18.9 Å². The summed E-state index contributed by atoms with van der Waals surface area (Å²) in [4.78, 5) is 4.55. The number of pyridine rings is 1. The Morgan fingerprint density at radius 3 is 2.90 bits per heavy atom. The zero-order valence-electron chi connectivity index (χ0n) is 11.5. The summed E-state index contributed by atoms with van der Waals surface area (Å²) >= 11 is 7.03. The highest BCUT2D eigenvalue weighted by Gasteiger charge is 2.10. The lowest BCUT2D eigenvalue weighted by atomic mass is 10.1. The Labute approximate surface area is 140 Å². The van der Waals surface area contributed by atoms with Crippen molar-refractivity contribution in [3.63, 3.8) is 0 Å². The quantitative estimate of drug-likeness (QED) is 0.574. The predicted molar refractivity (Wildman–Crippen MR) is 91.0 cm³/mol. The van der Waals surface area contributed by atoms with E-state index in [0.29, 0.717) is 6.61 Å². The molecule has 0 atom stereocenters. The van der Waals surface area contributed by atoms with Crippen molar-refractivity contribution < 1.29 is 4.74 Å². The number of hydrogen-bond acceptors (Lipinski definition) is 2. The van der Waals surface area contributed by atoms with E-state index < -0.39 is 0 Å². The minimum absolute atomic E-state index is 0.462. The Hall–Kier alpha value is -1.33. The fraction of sp³-hybridized carbons (Fsp3) is 0.188. The number of benzene rings is 1. The van der Waals surface area contributed by atoms with Gasteiger partial charge >= 0.3 is 0 Å². The molecule has 2 heterocycles. The van der Waals surface area contributed by atoms with Gasteiger partial charge in [-0.15, -0.1) is 0 Å². The van der Waals surface area contributed by atoms with E-state index in [-0.39, 0.29) is 0 Å². The van der Waals surface area contributed by atoms with Gasteiger partial charge in [-0.1, -0.05) is 37.9 Å². The van der Waals surface area contributed by atoms with Gasteiger partial charge < -0.3 is 9.14 Å². The van der Waals surface area contributed by atoms with Crippen LogP contribution in [0.1, 0.15) is 16.8 Å². The number of aryl methyl sites for hydroxylation is 1. The minimum atomic E-state index is 0.462. The number of halogens is 2. The van der Waals surface area contributed by atoms with E-state index in [1.807, 2.05) is 35.0 Å².